The second-order valence-corrected chi connectivity index (χ2v) is 8.38. The molecule has 1 aliphatic rings. The summed E-state index contributed by atoms with van der Waals surface area (Å²) >= 11 is 0. The lowest BCUT2D eigenvalue weighted by molar-refractivity contribution is -0.137. The molecule has 0 atom stereocenters. The van der Waals surface area contributed by atoms with Gasteiger partial charge in [0.1, 0.15) is 5.75 Å². The number of aromatic nitrogens is 3. The highest BCUT2D eigenvalue weighted by Gasteiger charge is 2.31. The number of piperazine rings is 1. The minimum Gasteiger partial charge on any atom is -0.496 e. The maximum absolute atomic E-state index is 13.4. The molecule has 9 heteroatoms. The molecule has 1 saturated heterocycles. The highest BCUT2D eigenvalue weighted by atomic mass is 19.4. The monoisotopic (exact) mass is 467 g/mol. The molecule has 3 heterocycles. The molecule has 1 aliphatic heterocycles. The van der Waals surface area contributed by atoms with Gasteiger partial charge in [0.25, 0.3) is 0 Å². The quantitative estimate of drug-likeness (QED) is 0.430. The van der Waals surface area contributed by atoms with Crippen LogP contribution in [0, 0.1) is 0 Å². The number of fused-ring (bicyclic) bond motifs is 1. The van der Waals surface area contributed by atoms with Crippen LogP contribution in [0.4, 0.5) is 18.9 Å². The standard InChI is InChI=1S/C25H24F3N5O/c1-31-11-13-32(14-12-31)19-6-3-5-17(15-19)23-29-24-20(7-4-10-33(24)30-23)21-16-18(25(26,27)28)8-9-22(21)34-2/h3-10,15-16H,11-14H2,1-2H3. The average Bonchev–Trinajstić information content (AvgIpc) is 3.28. The molecule has 4 aromatic rings. The van der Waals surface area contributed by atoms with E-state index in [1.807, 2.05) is 12.1 Å². The Morgan fingerprint density at radius 2 is 1.71 bits per heavy atom. The minimum absolute atomic E-state index is 0.313. The van der Waals surface area contributed by atoms with E-state index in [1.54, 1.807) is 22.8 Å². The molecular formula is C25H24F3N5O. The Hall–Kier alpha value is -3.59. The third kappa shape index (κ3) is 4.19. The molecular weight excluding hydrogens is 443 g/mol. The van der Waals surface area contributed by atoms with Gasteiger partial charge in [-0.2, -0.15) is 13.2 Å². The number of nitrogens with zero attached hydrogens (tertiary/aromatic N) is 5. The molecule has 0 amide bonds. The first-order valence-corrected chi connectivity index (χ1v) is 11.0. The van der Waals surface area contributed by atoms with Gasteiger partial charge < -0.3 is 14.5 Å². The van der Waals surface area contributed by atoms with E-state index in [-0.39, 0.29) is 0 Å². The second kappa shape index (κ2) is 8.64. The topological polar surface area (TPSA) is 45.9 Å². The first kappa shape index (κ1) is 22.2. The average molecular weight is 467 g/mol. The van der Waals surface area contributed by atoms with Crippen molar-refractivity contribution in [2.45, 2.75) is 6.18 Å². The van der Waals surface area contributed by atoms with Gasteiger partial charge in [0.05, 0.1) is 12.7 Å². The van der Waals surface area contributed by atoms with Gasteiger partial charge >= 0.3 is 6.18 Å². The zero-order valence-electron chi connectivity index (χ0n) is 18.9. The van der Waals surface area contributed by atoms with E-state index in [0.717, 1.165) is 49.6 Å². The van der Waals surface area contributed by atoms with E-state index in [0.29, 0.717) is 28.3 Å². The van der Waals surface area contributed by atoms with Crippen LogP contribution in [0.15, 0.2) is 60.8 Å². The van der Waals surface area contributed by atoms with Gasteiger partial charge in [0.15, 0.2) is 11.5 Å². The lowest BCUT2D eigenvalue weighted by Crippen LogP contribution is -2.44. The van der Waals surface area contributed by atoms with E-state index in [2.05, 4.69) is 34.1 Å². The molecule has 0 spiro atoms. The van der Waals surface area contributed by atoms with Gasteiger partial charge in [-0.15, -0.1) is 5.10 Å². The van der Waals surface area contributed by atoms with Crippen molar-refractivity contribution in [3.63, 3.8) is 0 Å². The molecule has 1 fully saturated rings. The summed E-state index contributed by atoms with van der Waals surface area (Å²) in [7, 11) is 3.55. The van der Waals surface area contributed by atoms with Gasteiger partial charge in [-0.3, -0.25) is 0 Å². The molecule has 34 heavy (non-hydrogen) atoms. The molecule has 176 valence electrons. The lowest BCUT2D eigenvalue weighted by atomic mass is 10.0. The molecule has 0 aliphatic carbocycles. The maximum Gasteiger partial charge on any atom is 0.416 e. The summed E-state index contributed by atoms with van der Waals surface area (Å²) in [5, 5.41) is 4.61. The predicted octanol–water partition coefficient (Wildman–Crippen LogP) is 4.84. The summed E-state index contributed by atoms with van der Waals surface area (Å²) in [6.45, 7) is 3.88. The first-order chi connectivity index (χ1) is 16.3. The Bertz CT molecular complexity index is 1330. The molecule has 5 rings (SSSR count). The third-order valence-electron chi connectivity index (χ3n) is 6.15. The van der Waals surface area contributed by atoms with Crippen molar-refractivity contribution in [3.8, 4) is 28.3 Å². The summed E-state index contributed by atoms with van der Waals surface area (Å²) in [5.74, 6) is 0.845. The summed E-state index contributed by atoms with van der Waals surface area (Å²) in [6.07, 6.45) is -2.73. The zero-order valence-corrected chi connectivity index (χ0v) is 18.9. The number of rotatable bonds is 4. The number of pyridine rings is 1. The number of methoxy groups -OCH3 is 1. The number of ether oxygens (including phenoxy) is 1. The minimum atomic E-state index is -4.46. The van der Waals surface area contributed by atoms with Crippen LogP contribution in [-0.2, 0) is 6.18 Å². The predicted molar refractivity (Wildman–Crippen MR) is 125 cm³/mol. The van der Waals surface area contributed by atoms with Crippen LogP contribution in [0.2, 0.25) is 0 Å². The van der Waals surface area contributed by atoms with Gasteiger partial charge in [0, 0.05) is 54.8 Å². The number of likely N-dealkylation sites (N-methyl/N-ethyl adjacent to an activating group) is 1. The number of benzene rings is 2. The molecule has 0 unspecified atom stereocenters. The Labute approximate surface area is 195 Å². The van der Waals surface area contributed by atoms with Gasteiger partial charge in [-0.05, 0) is 49.5 Å². The van der Waals surface area contributed by atoms with Crippen molar-refractivity contribution in [1.82, 2.24) is 19.5 Å². The lowest BCUT2D eigenvalue weighted by Gasteiger charge is -2.34. The molecule has 0 radical (unpaired) electrons. The Morgan fingerprint density at radius 1 is 0.912 bits per heavy atom. The number of halogens is 3. The van der Waals surface area contributed by atoms with Crippen LogP contribution in [0.1, 0.15) is 5.56 Å². The fourth-order valence-electron chi connectivity index (χ4n) is 4.24. The molecule has 2 aromatic carbocycles. The summed E-state index contributed by atoms with van der Waals surface area (Å²) in [5.41, 5.74) is 2.49. The Morgan fingerprint density at radius 3 is 2.44 bits per heavy atom. The van der Waals surface area contributed by atoms with Crippen LogP contribution in [-0.4, -0.2) is 59.8 Å². The Balaban J connectivity index is 1.57. The van der Waals surface area contributed by atoms with E-state index >= 15 is 0 Å². The molecule has 0 bridgehead atoms. The fraction of sp³-hybridized carbons (Fsp3) is 0.280. The van der Waals surface area contributed by atoms with Crippen LogP contribution in [0.5, 0.6) is 5.75 Å². The van der Waals surface area contributed by atoms with E-state index in [4.69, 9.17) is 9.72 Å². The maximum atomic E-state index is 13.4. The van der Waals surface area contributed by atoms with Gasteiger partial charge in [-0.25, -0.2) is 9.50 Å². The highest BCUT2D eigenvalue weighted by molar-refractivity contribution is 5.83. The van der Waals surface area contributed by atoms with Crippen molar-refractivity contribution >= 4 is 11.3 Å². The third-order valence-corrected chi connectivity index (χ3v) is 6.15. The van der Waals surface area contributed by atoms with Crippen molar-refractivity contribution in [1.29, 1.82) is 0 Å². The normalized spacial score (nSPS) is 15.1. The van der Waals surface area contributed by atoms with Crippen LogP contribution in [0.25, 0.3) is 28.2 Å². The van der Waals surface area contributed by atoms with Gasteiger partial charge in [-0.1, -0.05) is 12.1 Å². The van der Waals surface area contributed by atoms with Gasteiger partial charge in [0.2, 0.25) is 0 Å². The van der Waals surface area contributed by atoms with Crippen molar-refractivity contribution in [2.24, 2.45) is 0 Å². The smallest absolute Gasteiger partial charge is 0.416 e. The number of anilines is 1. The molecule has 0 N–H and O–H groups in total. The molecule has 6 nitrogen and oxygen atoms in total. The summed E-state index contributed by atoms with van der Waals surface area (Å²) < 4.78 is 47.1. The summed E-state index contributed by atoms with van der Waals surface area (Å²) in [4.78, 5) is 9.34. The van der Waals surface area contributed by atoms with Crippen molar-refractivity contribution in [2.75, 3.05) is 45.2 Å². The molecule has 0 saturated carbocycles. The van der Waals surface area contributed by atoms with E-state index in [1.165, 1.54) is 13.2 Å². The number of alkyl halides is 3. The number of hydrogen-bond acceptors (Lipinski definition) is 5. The largest absolute Gasteiger partial charge is 0.496 e. The van der Waals surface area contributed by atoms with E-state index < -0.39 is 11.7 Å². The van der Waals surface area contributed by atoms with E-state index in [9.17, 15) is 13.2 Å². The summed E-state index contributed by atoms with van der Waals surface area (Å²) in [6, 6.07) is 15.0. The first-order valence-electron chi connectivity index (χ1n) is 11.0. The fourth-order valence-corrected chi connectivity index (χ4v) is 4.24. The Kier molecular flexibility index (Phi) is 5.65. The zero-order chi connectivity index (χ0) is 23.9. The second-order valence-electron chi connectivity index (χ2n) is 8.38. The van der Waals surface area contributed by atoms with Crippen molar-refractivity contribution < 1.29 is 17.9 Å². The van der Waals surface area contributed by atoms with Crippen LogP contribution in [0.3, 0.4) is 0 Å². The van der Waals surface area contributed by atoms with Crippen molar-refractivity contribution in [3.05, 3.63) is 66.4 Å². The highest BCUT2D eigenvalue weighted by Crippen LogP contribution is 2.38. The number of hydrogen-bond donors (Lipinski definition) is 0. The molecule has 2 aromatic heterocycles. The SMILES string of the molecule is COc1ccc(C(F)(F)F)cc1-c1cccn2nc(-c3cccc(N4CCN(C)CC4)c3)nc12. The van der Waals surface area contributed by atoms with Crippen LogP contribution < -0.4 is 9.64 Å². The van der Waals surface area contributed by atoms with Crippen LogP contribution >= 0.6 is 0 Å².